The first-order valence-corrected chi connectivity index (χ1v) is 10.8. The highest BCUT2D eigenvalue weighted by molar-refractivity contribution is 7.20. The first-order chi connectivity index (χ1) is 15.8. The van der Waals surface area contributed by atoms with Crippen molar-refractivity contribution in [3.05, 3.63) is 84.3 Å². The number of hydrogen-bond acceptors (Lipinski definition) is 7. The Kier molecular flexibility index (Phi) is 7.06. The van der Waals surface area contributed by atoms with E-state index >= 15 is 0 Å². The lowest BCUT2D eigenvalue weighted by Crippen LogP contribution is -2.16. The van der Waals surface area contributed by atoms with E-state index in [-0.39, 0.29) is 6.47 Å². The van der Waals surface area contributed by atoms with Gasteiger partial charge in [0.25, 0.3) is 11.7 Å². The van der Waals surface area contributed by atoms with Crippen LogP contribution in [0.4, 0.5) is 0 Å². The van der Waals surface area contributed by atoms with Gasteiger partial charge in [0.15, 0.2) is 5.65 Å². The highest BCUT2D eigenvalue weighted by atomic mass is 32.1. The molecule has 2 aromatic carbocycles. The van der Waals surface area contributed by atoms with Crippen LogP contribution in [-0.2, 0) is 17.8 Å². The number of carboxylic acid groups (broad SMARTS) is 1. The summed E-state index contributed by atoms with van der Waals surface area (Å²) in [6, 6.07) is 20.3. The molecule has 0 aliphatic carbocycles. The zero-order valence-electron chi connectivity index (χ0n) is 17.1. The van der Waals surface area contributed by atoms with Crippen molar-refractivity contribution in [1.29, 1.82) is 0 Å². The second kappa shape index (κ2) is 10.5. The molecule has 162 valence electrons. The molecule has 7 nitrogen and oxygen atoms in total. The lowest BCUT2D eigenvalue weighted by atomic mass is 10.1. The number of carbonyl (C=O) groups is 1. The predicted molar refractivity (Wildman–Crippen MR) is 124 cm³/mol. The number of nitrogens with one attached hydrogen (secondary N) is 1. The van der Waals surface area contributed by atoms with Crippen LogP contribution in [0.2, 0.25) is 0 Å². The van der Waals surface area contributed by atoms with Crippen molar-refractivity contribution in [2.24, 2.45) is 0 Å². The summed E-state index contributed by atoms with van der Waals surface area (Å²) in [5.41, 5.74) is 3.99. The van der Waals surface area contributed by atoms with E-state index < -0.39 is 0 Å². The van der Waals surface area contributed by atoms with E-state index in [1.807, 2.05) is 42.7 Å². The van der Waals surface area contributed by atoms with Gasteiger partial charge in [0, 0.05) is 29.8 Å². The fraction of sp³-hybridized carbons (Fsp3) is 0.125. The number of hydrogen-bond donors (Lipinski definition) is 2. The highest BCUT2D eigenvalue weighted by Crippen LogP contribution is 2.32. The monoisotopic (exact) mass is 447 g/mol. The second-order valence-electron chi connectivity index (χ2n) is 6.84. The molecule has 32 heavy (non-hydrogen) atoms. The molecule has 3 aromatic heterocycles. The average molecular weight is 448 g/mol. The Labute approximate surface area is 188 Å². The van der Waals surface area contributed by atoms with Gasteiger partial charge in [0.05, 0.1) is 11.0 Å². The number of nitrogens with zero attached hydrogens (tertiary/aromatic N) is 2. The van der Waals surface area contributed by atoms with Gasteiger partial charge in [-0.15, -0.1) is 0 Å². The molecule has 0 fully saturated rings. The van der Waals surface area contributed by atoms with Crippen molar-refractivity contribution < 1.29 is 19.1 Å². The van der Waals surface area contributed by atoms with Crippen molar-refractivity contribution in [3.63, 3.8) is 0 Å². The van der Waals surface area contributed by atoms with E-state index in [2.05, 4.69) is 39.6 Å². The van der Waals surface area contributed by atoms with Gasteiger partial charge in [-0.05, 0) is 42.8 Å². The van der Waals surface area contributed by atoms with Crippen molar-refractivity contribution in [3.8, 4) is 10.9 Å². The van der Waals surface area contributed by atoms with Crippen LogP contribution in [0.1, 0.15) is 11.1 Å². The largest absolute Gasteiger partial charge is 0.483 e. The Hall–Kier alpha value is -3.75. The van der Waals surface area contributed by atoms with Crippen LogP contribution in [0.5, 0.6) is 10.9 Å². The molecule has 0 aliphatic heterocycles. The molecule has 0 saturated heterocycles. The Morgan fingerprint density at radius 2 is 1.97 bits per heavy atom. The first kappa shape index (κ1) is 21.5. The van der Waals surface area contributed by atoms with Gasteiger partial charge < -0.3 is 19.6 Å². The molecule has 8 heteroatoms. The van der Waals surface area contributed by atoms with Gasteiger partial charge in [-0.1, -0.05) is 41.7 Å². The molecule has 0 bridgehead atoms. The quantitative estimate of drug-likeness (QED) is 0.259. The molecule has 0 aliphatic rings. The first-order valence-electron chi connectivity index (χ1n) is 9.99. The molecule has 2 N–H and O–H groups in total. The predicted octanol–water partition coefficient (Wildman–Crippen LogP) is 5.26. The molecule has 0 unspecified atom stereocenters. The number of thiazole rings is 1. The number of benzene rings is 2. The van der Waals surface area contributed by atoms with E-state index in [9.17, 15) is 0 Å². The molecule has 5 rings (SSSR count). The van der Waals surface area contributed by atoms with Gasteiger partial charge in [-0.25, -0.2) is 4.98 Å². The minimum Gasteiger partial charge on any atom is -0.483 e. The van der Waals surface area contributed by atoms with Crippen molar-refractivity contribution >= 4 is 39.1 Å². The zero-order chi connectivity index (χ0) is 22.2. The summed E-state index contributed by atoms with van der Waals surface area (Å²) in [6.45, 7) is 1.44. The topological polar surface area (TPSA) is 97.5 Å². The van der Waals surface area contributed by atoms with E-state index in [1.165, 1.54) is 16.9 Å². The van der Waals surface area contributed by atoms with Gasteiger partial charge in [0.1, 0.15) is 11.3 Å². The van der Waals surface area contributed by atoms with Crippen LogP contribution >= 0.6 is 11.3 Å². The van der Waals surface area contributed by atoms with E-state index in [1.54, 1.807) is 6.20 Å². The van der Waals surface area contributed by atoms with Crippen LogP contribution in [0, 0.1) is 0 Å². The Morgan fingerprint density at radius 1 is 1.12 bits per heavy atom. The second-order valence-corrected chi connectivity index (χ2v) is 7.84. The average Bonchev–Trinajstić information content (AvgIpc) is 3.41. The van der Waals surface area contributed by atoms with Crippen molar-refractivity contribution in [1.82, 2.24) is 15.3 Å². The number of rotatable bonds is 7. The molecule has 0 amide bonds. The van der Waals surface area contributed by atoms with E-state index in [0.717, 1.165) is 40.7 Å². The number of ether oxygens (including phenoxy) is 1. The van der Waals surface area contributed by atoms with Gasteiger partial charge >= 0.3 is 0 Å². The highest BCUT2D eigenvalue weighted by Gasteiger charge is 2.10. The third-order valence-corrected chi connectivity index (χ3v) is 5.61. The zero-order valence-corrected chi connectivity index (χ0v) is 17.9. The normalized spacial score (nSPS) is 10.6. The molecule has 3 heterocycles. The SMILES string of the molecule is O=CO.c1ccc(CCNCc2coc3cc(Oc4nc5ncccc5s4)ccc23)cc1. The number of aromatic nitrogens is 2. The van der Waals surface area contributed by atoms with E-state index in [0.29, 0.717) is 16.6 Å². The molecular weight excluding hydrogens is 426 g/mol. The summed E-state index contributed by atoms with van der Waals surface area (Å²) in [7, 11) is 0. The lowest BCUT2D eigenvalue weighted by Gasteiger charge is -2.04. The maximum Gasteiger partial charge on any atom is 0.290 e. The Balaban J connectivity index is 0.000000775. The number of fused-ring (bicyclic) bond motifs is 2. The molecule has 5 aromatic rings. The fourth-order valence-electron chi connectivity index (χ4n) is 3.26. The molecule has 0 spiro atoms. The van der Waals surface area contributed by atoms with Gasteiger partial charge in [-0.2, -0.15) is 4.98 Å². The minimum absolute atomic E-state index is 0.250. The lowest BCUT2D eigenvalue weighted by molar-refractivity contribution is -0.122. The van der Waals surface area contributed by atoms with Crippen molar-refractivity contribution in [2.45, 2.75) is 13.0 Å². The summed E-state index contributed by atoms with van der Waals surface area (Å²) >= 11 is 1.48. The number of pyridine rings is 1. The maximum atomic E-state index is 8.36. The Morgan fingerprint density at radius 3 is 2.78 bits per heavy atom. The molecule has 0 atom stereocenters. The van der Waals surface area contributed by atoms with Crippen LogP contribution in [-0.4, -0.2) is 28.1 Å². The summed E-state index contributed by atoms with van der Waals surface area (Å²) in [5.74, 6) is 0.703. The van der Waals surface area contributed by atoms with Crippen LogP contribution < -0.4 is 10.1 Å². The van der Waals surface area contributed by atoms with Crippen LogP contribution in [0.3, 0.4) is 0 Å². The number of furan rings is 1. The third kappa shape index (κ3) is 5.29. The standard InChI is InChI=1S/C23H19N3O2S.CH2O2/c1-2-5-16(6-3-1)10-12-24-14-17-15-27-20-13-18(8-9-19(17)20)28-23-26-22-21(29-23)7-4-11-25-22;2-1-3/h1-9,11,13,15,24H,10,12,14H2;1H,(H,2,3). The molecular formula is C24H21N3O4S. The third-order valence-electron chi connectivity index (χ3n) is 4.73. The molecule has 0 saturated carbocycles. The summed E-state index contributed by atoms with van der Waals surface area (Å²) in [5, 5.41) is 12.0. The minimum atomic E-state index is -0.250. The summed E-state index contributed by atoms with van der Waals surface area (Å²) in [4.78, 5) is 17.0. The maximum absolute atomic E-state index is 8.36. The summed E-state index contributed by atoms with van der Waals surface area (Å²) in [6.07, 6.45) is 4.55. The smallest absolute Gasteiger partial charge is 0.290 e. The Bertz CT molecular complexity index is 1270. The van der Waals surface area contributed by atoms with E-state index in [4.69, 9.17) is 19.1 Å². The van der Waals surface area contributed by atoms with Gasteiger partial charge in [0.2, 0.25) is 0 Å². The summed E-state index contributed by atoms with van der Waals surface area (Å²) < 4.78 is 12.7. The van der Waals surface area contributed by atoms with Crippen molar-refractivity contribution in [2.75, 3.05) is 6.54 Å². The van der Waals surface area contributed by atoms with Crippen LogP contribution in [0.25, 0.3) is 21.3 Å². The van der Waals surface area contributed by atoms with Crippen LogP contribution in [0.15, 0.2) is 77.5 Å². The molecule has 0 radical (unpaired) electrons. The fourth-order valence-corrected chi connectivity index (χ4v) is 4.05. The van der Waals surface area contributed by atoms with Gasteiger partial charge in [-0.3, -0.25) is 4.79 Å².